The summed E-state index contributed by atoms with van der Waals surface area (Å²) in [6, 6.07) is 10.7. The third-order valence-corrected chi connectivity index (χ3v) is 6.50. The Kier molecular flexibility index (Phi) is 6.49. The molecule has 4 atom stereocenters. The van der Waals surface area contributed by atoms with Crippen LogP contribution in [-0.4, -0.2) is 40.1 Å². The highest BCUT2D eigenvalue weighted by atomic mass is 35.6. The molecule has 1 fully saturated rings. The van der Waals surface area contributed by atoms with Crippen LogP contribution in [0.4, 0.5) is 4.39 Å². The average Bonchev–Trinajstić information content (AvgIpc) is 2.71. The van der Waals surface area contributed by atoms with Gasteiger partial charge in [-0.1, -0.05) is 40.9 Å². The quantitative estimate of drug-likeness (QED) is 0.631. The summed E-state index contributed by atoms with van der Waals surface area (Å²) in [6.07, 6.45) is 0.176. The van der Waals surface area contributed by atoms with Crippen molar-refractivity contribution in [1.29, 1.82) is 0 Å². The van der Waals surface area contributed by atoms with Gasteiger partial charge in [0.05, 0.1) is 13.1 Å². The number of aromatic nitrogens is 1. The fourth-order valence-electron chi connectivity index (χ4n) is 4.58. The first-order chi connectivity index (χ1) is 14.7. The van der Waals surface area contributed by atoms with Crippen LogP contribution in [0.25, 0.3) is 0 Å². The largest absolute Gasteiger partial charge is 0.484 e. The lowest BCUT2D eigenvalue weighted by Gasteiger charge is -2.44. The van der Waals surface area contributed by atoms with Gasteiger partial charge in [0.2, 0.25) is 6.17 Å². The zero-order chi connectivity index (χ0) is 22.2. The van der Waals surface area contributed by atoms with Crippen LogP contribution in [0.3, 0.4) is 0 Å². The number of likely N-dealkylation sites (tertiary alicyclic amines) is 1. The lowest BCUT2D eigenvalue weighted by molar-refractivity contribution is -0.937. The molecule has 1 aromatic carbocycles. The van der Waals surface area contributed by atoms with Crippen LogP contribution < -0.4 is 20.5 Å². The molecule has 10 heteroatoms. The van der Waals surface area contributed by atoms with Gasteiger partial charge in [0.1, 0.15) is 11.6 Å². The SMILES string of the molecule is O=C(COc1ccc(F)cc1)N[C@H]([NH+]1C[C@@H]2C[C@H](C1)c1cccc(=O)n1C2)C(Cl)(Cl)Cl. The van der Waals surface area contributed by atoms with Crippen molar-refractivity contribution in [1.82, 2.24) is 9.88 Å². The number of hydrogen-bond acceptors (Lipinski definition) is 3. The number of hydrogen-bond donors (Lipinski definition) is 2. The lowest BCUT2D eigenvalue weighted by Crippen LogP contribution is -3.21. The van der Waals surface area contributed by atoms with E-state index in [2.05, 4.69) is 5.32 Å². The summed E-state index contributed by atoms with van der Waals surface area (Å²) >= 11 is 18.8. The highest BCUT2D eigenvalue weighted by Crippen LogP contribution is 2.33. The number of piperidine rings is 1. The number of carbonyl (C=O) groups excluding carboxylic acids is 1. The van der Waals surface area contributed by atoms with Crippen LogP contribution in [0.5, 0.6) is 5.75 Å². The summed E-state index contributed by atoms with van der Waals surface area (Å²) in [4.78, 5) is 25.7. The fraction of sp³-hybridized carbons (Fsp3) is 0.429. The predicted molar refractivity (Wildman–Crippen MR) is 116 cm³/mol. The maximum Gasteiger partial charge on any atom is 0.262 e. The molecule has 1 aromatic heterocycles. The number of amides is 1. The molecule has 0 spiro atoms. The minimum Gasteiger partial charge on any atom is -0.484 e. The maximum absolute atomic E-state index is 13.0. The Bertz CT molecular complexity index is 1010. The molecule has 0 saturated carbocycles. The number of fused-ring (bicyclic) bond motifs is 4. The molecule has 1 amide bonds. The number of halogens is 4. The van der Waals surface area contributed by atoms with Crippen molar-refractivity contribution in [2.45, 2.75) is 28.8 Å². The van der Waals surface area contributed by atoms with Crippen LogP contribution in [0.2, 0.25) is 0 Å². The highest BCUT2D eigenvalue weighted by Gasteiger charge is 2.47. The van der Waals surface area contributed by atoms with E-state index in [1.165, 1.54) is 24.3 Å². The summed E-state index contributed by atoms with van der Waals surface area (Å²) < 4.78 is 18.5. The summed E-state index contributed by atoms with van der Waals surface area (Å²) in [5.41, 5.74) is 0.981. The number of pyridine rings is 1. The molecule has 4 rings (SSSR count). The minimum absolute atomic E-state index is 0.000165. The number of rotatable bonds is 5. The monoisotopic (exact) mass is 488 g/mol. The molecule has 166 valence electrons. The van der Waals surface area contributed by atoms with Crippen molar-refractivity contribution in [3.05, 3.63) is 64.3 Å². The summed E-state index contributed by atoms with van der Waals surface area (Å²) in [7, 11) is 0. The Morgan fingerprint density at radius 1 is 1.23 bits per heavy atom. The summed E-state index contributed by atoms with van der Waals surface area (Å²) in [6.45, 7) is 1.61. The minimum atomic E-state index is -1.73. The molecule has 2 aliphatic heterocycles. The van der Waals surface area contributed by atoms with Gasteiger partial charge < -0.3 is 19.5 Å². The van der Waals surface area contributed by atoms with Gasteiger partial charge in [-0.15, -0.1) is 0 Å². The van der Waals surface area contributed by atoms with E-state index >= 15 is 0 Å². The molecule has 0 aliphatic carbocycles. The topological polar surface area (TPSA) is 64.8 Å². The Hall–Kier alpha value is -1.80. The van der Waals surface area contributed by atoms with Crippen molar-refractivity contribution >= 4 is 40.7 Å². The first-order valence-corrected chi connectivity index (χ1v) is 11.1. The highest BCUT2D eigenvalue weighted by molar-refractivity contribution is 6.68. The zero-order valence-corrected chi connectivity index (χ0v) is 18.8. The fourth-order valence-corrected chi connectivity index (χ4v) is 5.21. The van der Waals surface area contributed by atoms with Gasteiger partial charge in [-0.05, 0) is 36.8 Å². The van der Waals surface area contributed by atoms with Gasteiger partial charge in [0, 0.05) is 30.1 Å². The Morgan fingerprint density at radius 2 is 1.97 bits per heavy atom. The van der Waals surface area contributed by atoms with E-state index in [4.69, 9.17) is 39.5 Å². The first-order valence-electron chi connectivity index (χ1n) is 9.99. The molecule has 2 aliphatic rings. The molecule has 2 N–H and O–H groups in total. The molecule has 31 heavy (non-hydrogen) atoms. The van der Waals surface area contributed by atoms with E-state index in [1.54, 1.807) is 12.1 Å². The van der Waals surface area contributed by atoms with Crippen LogP contribution in [-0.2, 0) is 11.3 Å². The number of alkyl halides is 3. The van der Waals surface area contributed by atoms with Crippen LogP contribution >= 0.6 is 34.8 Å². The smallest absolute Gasteiger partial charge is 0.262 e. The van der Waals surface area contributed by atoms with Gasteiger partial charge in [0.25, 0.3) is 15.3 Å². The molecule has 3 heterocycles. The molecule has 0 radical (unpaired) electrons. The zero-order valence-electron chi connectivity index (χ0n) is 16.5. The van der Waals surface area contributed by atoms with E-state index in [1.807, 2.05) is 10.6 Å². The van der Waals surface area contributed by atoms with Gasteiger partial charge in [-0.2, -0.15) is 0 Å². The molecule has 1 saturated heterocycles. The molecule has 2 aromatic rings. The molecule has 6 nitrogen and oxygen atoms in total. The van der Waals surface area contributed by atoms with Crippen molar-refractivity contribution in [2.24, 2.45) is 5.92 Å². The Morgan fingerprint density at radius 3 is 2.68 bits per heavy atom. The molecular formula is C21H22Cl3FN3O3+. The van der Waals surface area contributed by atoms with E-state index in [-0.39, 0.29) is 24.0 Å². The van der Waals surface area contributed by atoms with Crippen molar-refractivity contribution in [3.63, 3.8) is 0 Å². The standard InChI is InChI=1S/C21H21Cl3FN3O3/c22-21(23,24)20(26-18(29)12-31-16-6-4-15(25)5-7-16)27-9-13-8-14(11-27)17-2-1-3-19(30)28(17)10-13/h1-7,13-14,20H,8-12H2,(H,26,29)/p+1/t13-,14+,20+/m0/s1. The lowest BCUT2D eigenvalue weighted by atomic mass is 9.83. The molecule has 1 unspecified atom stereocenters. The van der Waals surface area contributed by atoms with Gasteiger partial charge in [0.15, 0.2) is 6.61 Å². The second kappa shape index (κ2) is 8.98. The molecule has 2 bridgehead atoms. The van der Waals surface area contributed by atoms with Crippen LogP contribution in [0.1, 0.15) is 18.0 Å². The number of carbonyl (C=O) groups is 1. The van der Waals surface area contributed by atoms with Crippen molar-refractivity contribution < 1.29 is 18.8 Å². The number of benzene rings is 1. The molecular weight excluding hydrogens is 468 g/mol. The first kappa shape index (κ1) is 22.4. The van der Waals surface area contributed by atoms with E-state index in [0.717, 1.165) is 17.0 Å². The second-order valence-corrected chi connectivity index (χ2v) is 10.4. The average molecular weight is 490 g/mol. The maximum atomic E-state index is 13.0. The van der Waals surface area contributed by atoms with Gasteiger partial charge in [-0.3, -0.25) is 9.59 Å². The summed E-state index contributed by atoms with van der Waals surface area (Å²) in [5.74, 6) is -0.0947. The van der Waals surface area contributed by atoms with Gasteiger partial charge >= 0.3 is 0 Å². The van der Waals surface area contributed by atoms with Gasteiger partial charge in [-0.25, -0.2) is 4.39 Å². The number of quaternary nitrogens is 1. The van der Waals surface area contributed by atoms with E-state index in [0.29, 0.717) is 25.4 Å². The second-order valence-electron chi connectivity index (χ2n) is 8.05. The number of nitrogens with one attached hydrogen (secondary N) is 2. The predicted octanol–water partition coefficient (Wildman–Crippen LogP) is 1.88. The number of nitrogens with zero attached hydrogens (tertiary/aromatic N) is 1. The number of ether oxygens (including phenoxy) is 1. The van der Waals surface area contributed by atoms with Crippen molar-refractivity contribution in [2.75, 3.05) is 19.7 Å². The van der Waals surface area contributed by atoms with Crippen LogP contribution in [0.15, 0.2) is 47.3 Å². The third kappa shape index (κ3) is 5.17. The van der Waals surface area contributed by atoms with E-state index < -0.39 is 21.7 Å². The van der Waals surface area contributed by atoms with Crippen LogP contribution in [0, 0.1) is 11.7 Å². The Labute approximate surface area is 193 Å². The summed E-state index contributed by atoms with van der Waals surface area (Å²) in [5, 5.41) is 2.79. The Balaban J connectivity index is 1.45. The third-order valence-electron chi connectivity index (χ3n) is 5.84. The normalized spacial score (nSPS) is 23.5. The van der Waals surface area contributed by atoms with Crippen molar-refractivity contribution in [3.8, 4) is 5.75 Å². The van der Waals surface area contributed by atoms with E-state index in [9.17, 15) is 14.0 Å².